The number of benzene rings is 2. The monoisotopic (exact) mass is 306 g/mol. The SMILES string of the molecule is O=[N+]([O-])c1c(NCc2cc(F)ccc2F)ccc2nonc12. The Hall–Kier alpha value is -3.10. The molecule has 2 aromatic carbocycles. The quantitative estimate of drug-likeness (QED) is 0.588. The highest BCUT2D eigenvalue weighted by Crippen LogP contribution is 2.31. The molecule has 0 fully saturated rings. The second-order valence-corrected chi connectivity index (χ2v) is 4.44. The largest absolute Gasteiger partial charge is 0.375 e. The predicted molar refractivity (Wildman–Crippen MR) is 72.1 cm³/mol. The number of rotatable bonds is 4. The van der Waals surface area contributed by atoms with E-state index in [-0.39, 0.29) is 34.5 Å². The first-order valence-corrected chi connectivity index (χ1v) is 6.13. The topological polar surface area (TPSA) is 94.1 Å². The van der Waals surface area contributed by atoms with Gasteiger partial charge in [0.25, 0.3) is 0 Å². The van der Waals surface area contributed by atoms with Crippen molar-refractivity contribution in [2.75, 3.05) is 5.32 Å². The Balaban J connectivity index is 1.95. The molecule has 22 heavy (non-hydrogen) atoms. The third-order valence-corrected chi connectivity index (χ3v) is 3.06. The smallest absolute Gasteiger partial charge is 0.323 e. The number of aromatic nitrogens is 2. The van der Waals surface area contributed by atoms with Crippen molar-refractivity contribution in [3.8, 4) is 0 Å². The molecule has 9 heteroatoms. The lowest BCUT2D eigenvalue weighted by Crippen LogP contribution is -2.05. The van der Waals surface area contributed by atoms with E-state index in [1.165, 1.54) is 12.1 Å². The highest BCUT2D eigenvalue weighted by Gasteiger charge is 2.22. The molecule has 0 aliphatic carbocycles. The minimum Gasteiger partial charge on any atom is -0.375 e. The molecule has 0 spiro atoms. The Kier molecular flexibility index (Phi) is 3.37. The van der Waals surface area contributed by atoms with E-state index in [2.05, 4.69) is 20.3 Å². The number of nitrogens with zero attached hydrogens (tertiary/aromatic N) is 3. The summed E-state index contributed by atoms with van der Waals surface area (Å²) in [5, 5.41) is 20.9. The molecule has 0 bridgehead atoms. The summed E-state index contributed by atoms with van der Waals surface area (Å²) in [7, 11) is 0. The van der Waals surface area contributed by atoms with E-state index in [1.54, 1.807) is 0 Å². The highest BCUT2D eigenvalue weighted by atomic mass is 19.1. The average Bonchev–Trinajstić information content (AvgIpc) is 2.95. The van der Waals surface area contributed by atoms with Crippen molar-refractivity contribution in [1.29, 1.82) is 0 Å². The van der Waals surface area contributed by atoms with Gasteiger partial charge in [-0.2, -0.15) is 0 Å². The maximum Gasteiger partial charge on any atom is 0.323 e. The summed E-state index contributed by atoms with van der Waals surface area (Å²) in [5.41, 5.74) is 0.0315. The van der Waals surface area contributed by atoms with Crippen molar-refractivity contribution in [3.63, 3.8) is 0 Å². The maximum absolute atomic E-state index is 13.6. The van der Waals surface area contributed by atoms with Gasteiger partial charge in [0.2, 0.25) is 5.52 Å². The number of nitrogens with one attached hydrogen (secondary N) is 1. The maximum atomic E-state index is 13.6. The molecule has 112 valence electrons. The Morgan fingerprint density at radius 1 is 1.23 bits per heavy atom. The van der Waals surface area contributed by atoms with Crippen molar-refractivity contribution in [2.24, 2.45) is 0 Å². The Labute approximate surface area is 121 Å². The lowest BCUT2D eigenvalue weighted by atomic mass is 10.2. The summed E-state index contributed by atoms with van der Waals surface area (Å²) in [6.07, 6.45) is 0. The summed E-state index contributed by atoms with van der Waals surface area (Å²) in [4.78, 5) is 10.5. The molecule has 1 N–H and O–H groups in total. The van der Waals surface area contributed by atoms with Gasteiger partial charge in [0.05, 0.1) is 4.92 Å². The predicted octanol–water partition coefficient (Wildman–Crippen LogP) is 3.02. The molecule has 1 aromatic heterocycles. The van der Waals surface area contributed by atoms with Crippen LogP contribution in [0.4, 0.5) is 20.2 Å². The molecular formula is C13H8F2N4O3. The molecule has 0 saturated carbocycles. The van der Waals surface area contributed by atoms with Crippen LogP contribution in [0.15, 0.2) is 35.0 Å². The van der Waals surface area contributed by atoms with Crippen LogP contribution in [0, 0.1) is 21.7 Å². The molecule has 0 unspecified atom stereocenters. The third kappa shape index (κ3) is 2.43. The minimum atomic E-state index is -0.642. The second-order valence-electron chi connectivity index (χ2n) is 4.44. The number of nitro benzene ring substituents is 1. The van der Waals surface area contributed by atoms with Gasteiger partial charge in [-0.3, -0.25) is 10.1 Å². The van der Waals surface area contributed by atoms with Gasteiger partial charge in [-0.05, 0) is 40.6 Å². The molecule has 0 radical (unpaired) electrons. The summed E-state index contributed by atoms with van der Waals surface area (Å²) in [6, 6.07) is 5.88. The van der Waals surface area contributed by atoms with E-state index >= 15 is 0 Å². The van der Waals surface area contributed by atoms with Gasteiger partial charge in [0.15, 0.2) is 0 Å². The van der Waals surface area contributed by atoms with Crippen LogP contribution >= 0.6 is 0 Å². The normalized spacial score (nSPS) is 10.8. The fourth-order valence-corrected chi connectivity index (χ4v) is 2.03. The van der Waals surface area contributed by atoms with Gasteiger partial charge in [-0.1, -0.05) is 0 Å². The van der Waals surface area contributed by atoms with Gasteiger partial charge < -0.3 is 5.32 Å². The third-order valence-electron chi connectivity index (χ3n) is 3.06. The average molecular weight is 306 g/mol. The van der Waals surface area contributed by atoms with Crippen LogP contribution in [-0.4, -0.2) is 15.2 Å². The standard InChI is InChI=1S/C13H8F2N4O3/c14-8-1-2-9(15)7(5-8)6-16-11-4-3-10-12(18-22-17-10)13(11)19(20)21/h1-5,16H,6H2. The van der Waals surface area contributed by atoms with Crippen LogP contribution in [0.3, 0.4) is 0 Å². The van der Waals surface area contributed by atoms with Crippen LogP contribution in [0.1, 0.15) is 5.56 Å². The van der Waals surface area contributed by atoms with E-state index < -0.39 is 16.6 Å². The molecule has 1 heterocycles. The molecule has 0 saturated heterocycles. The molecule has 3 aromatic rings. The highest BCUT2D eigenvalue weighted by molar-refractivity contribution is 5.90. The first-order valence-electron chi connectivity index (χ1n) is 6.13. The molecule has 0 amide bonds. The van der Waals surface area contributed by atoms with Crippen molar-refractivity contribution in [1.82, 2.24) is 10.3 Å². The molecule has 0 aliphatic rings. The molecule has 0 atom stereocenters. The number of anilines is 1. The van der Waals surface area contributed by atoms with Gasteiger partial charge in [-0.15, -0.1) is 0 Å². The van der Waals surface area contributed by atoms with E-state index in [1.807, 2.05) is 0 Å². The van der Waals surface area contributed by atoms with E-state index in [0.717, 1.165) is 18.2 Å². The molecule has 7 nitrogen and oxygen atoms in total. The number of fused-ring (bicyclic) bond motifs is 1. The van der Waals surface area contributed by atoms with Gasteiger partial charge in [-0.25, -0.2) is 13.4 Å². The van der Waals surface area contributed by atoms with Crippen molar-refractivity contribution >= 4 is 22.4 Å². The summed E-state index contributed by atoms with van der Waals surface area (Å²) < 4.78 is 31.1. The molecule has 3 rings (SSSR count). The lowest BCUT2D eigenvalue weighted by Gasteiger charge is -2.08. The van der Waals surface area contributed by atoms with Crippen molar-refractivity contribution < 1.29 is 18.3 Å². The Morgan fingerprint density at radius 2 is 2.05 bits per heavy atom. The first-order chi connectivity index (χ1) is 10.6. The van der Waals surface area contributed by atoms with Gasteiger partial charge in [0.1, 0.15) is 22.8 Å². The summed E-state index contributed by atoms with van der Waals surface area (Å²) in [6.45, 7) is -0.124. The molecule has 0 aliphatic heterocycles. The van der Waals surface area contributed by atoms with Gasteiger partial charge >= 0.3 is 5.69 Å². The number of hydrogen-bond acceptors (Lipinski definition) is 6. The van der Waals surface area contributed by atoms with Crippen molar-refractivity contribution in [3.05, 3.63) is 57.6 Å². The fourth-order valence-electron chi connectivity index (χ4n) is 2.03. The van der Waals surface area contributed by atoms with Crippen LogP contribution in [0.25, 0.3) is 11.0 Å². The van der Waals surface area contributed by atoms with Crippen LogP contribution in [-0.2, 0) is 6.54 Å². The summed E-state index contributed by atoms with van der Waals surface area (Å²) >= 11 is 0. The van der Waals surface area contributed by atoms with Crippen LogP contribution < -0.4 is 5.32 Å². The summed E-state index contributed by atoms with van der Waals surface area (Å²) in [5.74, 6) is -1.20. The van der Waals surface area contributed by atoms with Gasteiger partial charge in [0, 0.05) is 12.1 Å². The zero-order chi connectivity index (χ0) is 15.7. The molecular weight excluding hydrogens is 298 g/mol. The van der Waals surface area contributed by atoms with Crippen LogP contribution in [0.2, 0.25) is 0 Å². The van der Waals surface area contributed by atoms with Crippen LogP contribution in [0.5, 0.6) is 0 Å². The minimum absolute atomic E-state index is 0.0188. The second kappa shape index (κ2) is 5.35. The first kappa shape index (κ1) is 13.9. The van der Waals surface area contributed by atoms with E-state index in [9.17, 15) is 18.9 Å². The Bertz CT molecular complexity index is 866. The van der Waals surface area contributed by atoms with Crippen molar-refractivity contribution in [2.45, 2.75) is 6.54 Å². The van der Waals surface area contributed by atoms with E-state index in [0.29, 0.717) is 0 Å². The number of hydrogen-bond donors (Lipinski definition) is 1. The Morgan fingerprint density at radius 3 is 2.82 bits per heavy atom. The number of nitro groups is 1. The van der Waals surface area contributed by atoms with E-state index in [4.69, 9.17) is 0 Å². The number of halogens is 2. The zero-order valence-corrected chi connectivity index (χ0v) is 10.9. The fraction of sp³-hybridized carbons (Fsp3) is 0.0769. The lowest BCUT2D eigenvalue weighted by molar-refractivity contribution is -0.382. The zero-order valence-electron chi connectivity index (χ0n) is 10.9.